The summed E-state index contributed by atoms with van der Waals surface area (Å²) in [6.45, 7) is 0. The quantitative estimate of drug-likeness (QED) is 0.373. The molecular formula is C24H20N4O2S. The van der Waals surface area contributed by atoms with Gasteiger partial charge in [0.2, 0.25) is 0 Å². The van der Waals surface area contributed by atoms with E-state index in [1.54, 1.807) is 37.4 Å². The molecule has 3 N–H and O–H groups in total. The molecule has 0 unspecified atom stereocenters. The van der Waals surface area contributed by atoms with Crippen LogP contribution in [-0.4, -0.2) is 23.1 Å². The average Bonchev–Trinajstić information content (AvgIpc) is 2.82. The lowest BCUT2D eigenvalue weighted by Crippen LogP contribution is -2.49. The molecule has 0 aliphatic rings. The number of rotatable bonds is 4. The molecule has 0 saturated heterocycles. The number of thiocarbonyl (C=S) groups is 1. The first kappa shape index (κ1) is 20.3. The number of pyridine rings is 1. The van der Waals surface area contributed by atoms with Crippen LogP contribution in [0.25, 0.3) is 22.2 Å². The fourth-order valence-electron chi connectivity index (χ4n) is 3.26. The highest BCUT2D eigenvalue weighted by atomic mass is 32.1. The third-order valence-electron chi connectivity index (χ3n) is 4.79. The van der Waals surface area contributed by atoms with Gasteiger partial charge in [-0.3, -0.25) is 10.2 Å². The van der Waals surface area contributed by atoms with Gasteiger partial charge in [-0.15, -0.1) is 0 Å². The van der Waals surface area contributed by atoms with E-state index in [0.717, 1.165) is 16.5 Å². The lowest BCUT2D eigenvalue weighted by atomic mass is 10.0. The number of hydrogen-bond acceptors (Lipinski definition) is 4. The van der Waals surface area contributed by atoms with Crippen molar-refractivity contribution < 1.29 is 9.53 Å². The second-order valence-corrected chi connectivity index (χ2v) is 7.17. The van der Waals surface area contributed by atoms with Gasteiger partial charge in [-0.05, 0) is 48.6 Å². The summed E-state index contributed by atoms with van der Waals surface area (Å²) in [5, 5.41) is 2.12. The van der Waals surface area contributed by atoms with Crippen LogP contribution in [0.5, 0.6) is 5.75 Å². The predicted molar refractivity (Wildman–Crippen MR) is 127 cm³/mol. The molecule has 0 radical (unpaired) electrons. The molecule has 4 aromatic rings. The van der Waals surface area contributed by atoms with Crippen molar-refractivity contribution in [3.05, 3.63) is 90.5 Å². The summed E-state index contributed by atoms with van der Waals surface area (Å²) in [6, 6.07) is 26.1. The number of carbonyl (C=O) groups excluding carboxylic acids is 1. The zero-order valence-electron chi connectivity index (χ0n) is 16.8. The summed E-state index contributed by atoms with van der Waals surface area (Å²) in [4.78, 5) is 18.1. The lowest BCUT2D eigenvalue weighted by Gasteiger charge is -2.24. The van der Waals surface area contributed by atoms with E-state index in [1.165, 1.54) is 5.01 Å². The van der Waals surface area contributed by atoms with Crippen molar-refractivity contribution in [2.75, 3.05) is 12.1 Å². The number of ether oxygens (including phenoxy) is 1. The van der Waals surface area contributed by atoms with Crippen LogP contribution in [0.15, 0.2) is 84.9 Å². The fourth-order valence-corrected chi connectivity index (χ4v) is 3.41. The van der Waals surface area contributed by atoms with Gasteiger partial charge in [0.15, 0.2) is 5.11 Å². The summed E-state index contributed by atoms with van der Waals surface area (Å²) < 4.78 is 5.19. The van der Waals surface area contributed by atoms with Gasteiger partial charge in [-0.2, -0.15) is 0 Å². The minimum atomic E-state index is -0.348. The SMILES string of the molecule is COc1ccc(N(NC(=O)c2cc(-c3ccccc3)nc3ccccc23)C(N)=S)cc1. The largest absolute Gasteiger partial charge is 0.497 e. The van der Waals surface area contributed by atoms with E-state index in [9.17, 15) is 4.79 Å². The topological polar surface area (TPSA) is 80.5 Å². The molecule has 6 nitrogen and oxygen atoms in total. The zero-order chi connectivity index (χ0) is 21.8. The van der Waals surface area contributed by atoms with Crippen molar-refractivity contribution >= 4 is 39.8 Å². The number of anilines is 1. The van der Waals surface area contributed by atoms with Gasteiger partial charge in [-0.25, -0.2) is 9.99 Å². The molecule has 0 bridgehead atoms. The van der Waals surface area contributed by atoms with Crippen LogP contribution in [0.3, 0.4) is 0 Å². The number of methoxy groups -OCH3 is 1. The number of hydrogen-bond donors (Lipinski definition) is 2. The van der Waals surface area contributed by atoms with Gasteiger partial charge < -0.3 is 10.5 Å². The van der Waals surface area contributed by atoms with E-state index in [0.29, 0.717) is 22.7 Å². The Hall–Kier alpha value is -3.97. The molecule has 0 spiro atoms. The molecule has 0 fully saturated rings. The average molecular weight is 429 g/mol. The Balaban J connectivity index is 1.74. The smallest absolute Gasteiger partial charge is 0.270 e. The highest BCUT2D eigenvalue weighted by molar-refractivity contribution is 7.80. The Morgan fingerprint density at radius 1 is 1.00 bits per heavy atom. The first-order valence-corrected chi connectivity index (χ1v) is 9.97. The Bertz CT molecular complexity index is 1240. The van der Waals surface area contributed by atoms with E-state index in [2.05, 4.69) is 5.43 Å². The number of aromatic nitrogens is 1. The number of nitrogens with two attached hydrogens (primary N) is 1. The predicted octanol–water partition coefficient (Wildman–Crippen LogP) is 4.31. The van der Waals surface area contributed by atoms with Crippen molar-refractivity contribution in [2.24, 2.45) is 5.73 Å². The minimum absolute atomic E-state index is 0.0140. The fraction of sp³-hybridized carbons (Fsp3) is 0.0417. The van der Waals surface area contributed by atoms with Gasteiger partial charge in [0, 0.05) is 10.9 Å². The summed E-state index contributed by atoms with van der Waals surface area (Å²) in [7, 11) is 1.58. The van der Waals surface area contributed by atoms with Gasteiger partial charge in [0.1, 0.15) is 5.75 Å². The first-order chi connectivity index (χ1) is 15.1. The first-order valence-electron chi connectivity index (χ1n) is 9.56. The van der Waals surface area contributed by atoms with Crippen molar-refractivity contribution in [2.45, 2.75) is 0 Å². The van der Waals surface area contributed by atoms with Crippen LogP contribution in [0, 0.1) is 0 Å². The maximum Gasteiger partial charge on any atom is 0.270 e. The number of benzene rings is 3. The van der Waals surface area contributed by atoms with Gasteiger partial charge in [0.05, 0.1) is 29.6 Å². The van der Waals surface area contributed by atoms with Crippen molar-refractivity contribution in [1.82, 2.24) is 10.4 Å². The van der Waals surface area contributed by atoms with Gasteiger partial charge >= 0.3 is 0 Å². The zero-order valence-corrected chi connectivity index (χ0v) is 17.6. The van der Waals surface area contributed by atoms with Crippen LogP contribution in [0.1, 0.15) is 10.4 Å². The maximum absolute atomic E-state index is 13.3. The van der Waals surface area contributed by atoms with E-state index in [-0.39, 0.29) is 11.0 Å². The van der Waals surface area contributed by atoms with Gasteiger partial charge in [0.25, 0.3) is 5.91 Å². The van der Waals surface area contributed by atoms with Crippen molar-refractivity contribution in [3.63, 3.8) is 0 Å². The Morgan fingerprint density at radius 2 is 1.68 bits per heavy atom. The van der Waals surface area contributed by atoms with Crippen LogP contribution in [-0.2, 0) is 0 Å². The third-order valence-corrected chi connectivity index (χ3v) is 4.98. The Labute approximate surface area is 185 Å². The molecule has 7 heteroatoms. The number of hydrazine groups is 1. The molecule has 1 amide bonds. The summed E-state index contributed by atoms with van der Waals surface area (Å²) in [6.07, 6.45) is 0. The van der Waals surface area contributed by atoms with E-state index >= 15 is 0 Å². The third kappa shape index (κ3) is 4.31. The molecule has 0 saturated carbocycles. The number of nitrogens with zero attached hydrogens (tertiary/aromatic N) is 2. The number of nitrogens with one attached hydrogen (secondary N) is 1. The van der Waals surface area contributed by atoms with Crippen molar-refractivity contribution in [1.29, 1.82) is 0 Å². The van der Waals surface area contributed by atoms with Crippen molar-refractivity contribution in [3.8, 4) is 17.0 Å². The van der Waals surface area contributed by atoms with Gasteiger partial charge in [-0.1, -0.05) is 48.5 Å². The van der Waals surface area contributed by atoms with Crippen LogP contribution in [0.2, 0.25) is 0 Å². The summed E-state index contributed by atoms with van der Waals surface area (Å²) in [5.41, 5.74) is 12.1. The molecule has 31 heavy (non-hydrogen) atoms. The lowest BCUT2D eigenvalue weighted by molar-refractivity contribution is 0.0956. The molecule has 0 atom stereocenters. The monoisotopic (exact) mass is 428 g/mol. The van der Waals surface area contributed by atoms with Crippen LogP contribution < -0.4 is 20.9 Å². The van der Waals surface area contributed by atoms with E-state index in [4.69, 9.17) is 27.7 Å². The molecule has 154 valence electrons. The van der Waals surface area contributed by atoms with Crippen LogP contribution in [0.4, 0.5) is 5.69 Å². The number of para-hydroxylation sites is 1. The molecule has 0 aliphatic carbocycles. The Morgan fingerprint density at radius 3 is 2.35 bits per heavy atom. The summed E-state index contributed by atoms with van der Waals surface area (Å²) in [5.74, 6) is 0.338. The highest BCUT2D eigenvalue weighted by Gasteiger charge is 2.18. The standard InChI is InChI=1S/C24H20N4O2S/c1-30-18-13-11-17(12-14-18)28(24(25)31)27-23(29)20-15-22(16-7-3-2-4-8-16)26-21-10-6-5-9-19(20)21/h2-15H,1H3,(H2,25,31)(H,27,29). The summed E-state index contributed by atoms with van der Waals surface area (Å²) >= 11 is 5.17. The molecule has 4 rings (SSSR count). The number of amides is 1. The molecule has 3 aromatic carbocycles. The number of fused-ring (bicyclic) bond motifs is 1. The second kappa shape index (κ2) is 8.81. The minimum Gasteiger partial charge on any atom is -0.497 e. The normalized spacial score (nSPS) is 10.5. The maximum atomic E-state index is 13.3. The Kier molecular flexibility index (Phi) is 5.77. The molecule has 1 heterocycles. The van der Waals surface area contributed by atoms with Crippen LogP contribution >= 0.6 is 12.2 Å². The highest BCUT2D eigenvalue weighted by Crippen LogP contribution is 2.25. The molecular weight excluding hydrogens is 408 g/mol. The number of carbonyl (C=O) groups is 1. The second-order valence-electron chi connectivity index (χ2n) is 6.75. The van der Waals surface area contributed by atoms with E-state index in [1.807, 2.05) is 54.6 Å². The van der Waals surface area contributed by atoms with E-state index < -0.39 is 0 Å². The molecule has 0 aliphatic heterocycles. The molecule has 1 aromatic heterocycles.